The third kappa shape index (κ3) is 4.26. The number of hydrogen-bond donors (Lipinski definition) is 1. The predicted octanol–water partition coefficient (Wildman–Crippen LogP) is 2.09. The minimum absolute atomic E-state index is 0.0530. The molecule has 0 radical (unpaired) electrons. The van der Waals surface area contributed by atoms with Gasteiger partial charge in [-0.15, -0.1) is 0 Å². The summed E-state index contributed by atoms with van der Waals surface area (Å²) in [5.74, 6) is 0.0770. The standard InChI is InChI=1S/C13H17NO2/c1-10-5-7-12(8-6-10)13(16)4-3-9-14-11(2)15/h5-8H,3-4,9H2,1-2H3,(H,14,15). The molecule has 0 saturated carbocycles. The fourth-order valence-electron chi connectivity index (χ4n) is 1.40. The number of Topliss-reactive ketones (excluding diaryl/α,β-unsaturated/α-hetero) is 1. The van der Waals surface area contributed by atoms with Crippen molar-refractivity contribution < 1.29 is 9.59 Å². The maximum Gasteiger partial charge on any atom is 0.216 e. The van der Waals surface area contributed by atoms with Crippen LogP contribution in [0.3, 0.4) is 0 Å². The van der Waals surface area contributed by atoms with E-state index in [2.05, 4.69) is 5.32 Å². The Labute approximate surface area is 95.9 Å². The van der Waals surface area contributed by atoms with Crippen LogP contribution in [-0.2, 0) is 4.79 Å². The summed E-state index contributed by atoms with van der Waals surface area (Å²) in [7, 11) is 0. The smallest absolute Gasteiger partial charge is 0.216 e. The summed E-state index contributed by atoms with van der Waals surface area (Å²) in [4.78, 5) is 22.3. The Kier molecular flexibility index (Phi) is 4.70. The molecule has 0 saturated heterocycles. The zero-order valence-electron chi connectivity index (χ0n) is 9.75. The molecule has 0 aliphatic carbocycles. The molecule has 0 aliphatic heterocycles. The first-order valence-corrected chi connectivity index (χ1v) is 5.44. The number of aryl methyl sites for hydroxylation is 1. The normalized spacial score (nSPS) is 9.88. The highest BCUT2D eigenvalue weighted by Crippen LogP contribution is 2.07. The van der Waals surface area contributed by atoms with E-state index in [0.717, 1.165) is 11.1 Å². The van der Waals surface area contributed by atoms with Crippen LogP contribution in [0.2, 0.25) is 0 Å². The quantitative estimate of drug-likeness (QED) is 0.609. The lowest BCUT2D eigenvalue weighted by Gasteiger charge is -2.02. The third-order valence-corrected chi connectivity index (χ3v) is 2.33. The molecular weight excluding hydrogens is 202 g/mol. The lowest BCUT2D eigenvalue weighted by Crippen LogP contribution is -2.21. The summed E-state index contributed by atoms with van der Waals surface area (Å²) in [5.41, 5.74) is 1.89. The van der Waals surface area contributed by atoms with E-state index < -0.39 is 0 Å². The van der Waals surface area contributed by atoms with Crippen molar-refractivity contribution in [2.24, 2.45) is 0 Å². The van der Waals surface area contributed by atoms with Crippen LogP contribution in [0.1, 0.15) is 35.7 Å². The molecule has 1 aromatic carbocycles. The first-order chi connectivity index (χ1) is 7.59. The average molecular weight is 219 g/mol. The summed E-state index contributed by atoms with van der Waals surface area (Å²) < 4.78 is 0. The van der Waals surface area contributed by atoms with Gasteiger partial charge in [-0.25, -0.2) is 0 Å². The topological polar surface area (TPSA) is 46.2 Å². The van der Waals surface area contributed by atoms with Crippen molar-refractivity contribution in [2.75, 3.05) is 6.54 Å². The minimum atomic E-state index is -0.0530. The molecule has 1 rings (SSSR count). The number of ketones is 1. The number of carbonyl (C=O) groups excluding carboxylic acids is 2. The molecule has 0 heterocycles. The van der Waals surface area contributed by atoms with Crippen molar-refractivity contribution in [1.29, 1.82) is 0 Å². The Morgan fingerprint density at radius 3 is 2.38 bits per heavy atom. The molecule has 0 bridgehead atoms. The summed E-state index contributed by atoms with van der Waals surface area (Å²) >= 11 is 0. The molecule has 16 heavy (non-hydrogen) atoms. The Morgan fingerprint density at radius 1 is 1.19 bits per heavy atom. The highest BCUT2D eigenvalue weighted by atomic mass is 16.1. The van der Waals surface area contributed by atoms with Gasteiger partial charge >= 0.3 is 0 Å². The molecule has 0 spiro atoms. The van der Waals surface area contributed by atoms with Crippen LogP contribution in [0.4, 0.5) is 0 Å². The molecule has 0 aromatic heterocycles. The molecule has 0 atom stereocenters. The minimum Gasteiger partial charge on any atom is -0.356 e. The van der Waals surface area contributed by atoms with Gasteiger partial charge in [0.1, 0.15) is 0 Å². The second-order valence-electron chi connectivity index (χ2n) is 3.88. The highest BCUT2D eigenvalue weighted by Gasteiger charge is 2.04. The molecule has 0 aliphatic rings. The SMILES string of the molecule is CC(=O)NCCCC(=O)c1ccc(C)cc1. The molecule has 0 fully saturated rings. The van der Waals surface area contributed by atoms with Gasteiger partial charge in [-0.1, -0.05) is 29.8 Å². The second kappa shape index (κ2) is 6.05. The van der Waals surface area contributed by atoms with Crippen LogP contribution in [-0.4, -0.2) is 18.2 Å². The molecule has 1 aromatic rings. The van der Waals surface area contributed by atoms with E-state index in [1.54, 1.807) is 0 Å². The van der Waals surface area contributed by atoms with Crippen molar-refractivity contribution in [2.45, 2.75) is 26.7 Å². The average Bonchev–Trinajstić information content (AvgIpc) is 2.25. The first kappa shape index (κ1) is 12.4. The number of benzene rings is 1. The van der Waals surface area contributed by atoms with Crippen LogP contribution in [0.5, 0.6) is 0 Å². The number of hydrogen-bond acceptors (Lipinski definition) is 2. The van der Waals surface area contributed by atoms with Gasteiger partial charge < -0.3 is 5.32 Å². The van der Waals surface area contributed by atoms with E-state index in [1.165, 1.54) is 6.92 Å². The largest absolute Gasteiger partial charge is 0.356 e. The number of carbonyl (C=O) groups is 2. The van der Waals surface area contributed by atoms with Crippen molar-refractivity contribution in [3.05, 3.63) is 35.4 Å². The van der Waals surface area contributed by atoms with Crippen LogP contribution in [0.15, 0.2) is 24.3 Å². The van der Waals surface area contributed by atoms with E-state index in [-0.39, 0.29) is 11.7 Å². The van der Waals surface area contributed by atoms with Crippen LogP contribution >= 0.6 is 0 Å². The summed E-state index contributed by atoms with van der Waals surface area (Å²) in [5, 5.41) is 2.67. The predicted molar refractivity (Wildman–Crippen MR) is 63.4 cm³/mol. The summed E-state index contributed by atoms with van der Waals surface area (Å²) in [6, 6.07) is 7.55. The number of amides is 1. The van der Waals surface area contributed by atoms with Gasteiger partial charge in [-0.2, -0.15) is 0 Å². The Morgan fingerprint density at radius 2 is 1.81 bits per heavy atom. The fraction of sp³-hybridized carbons (Fsp3) is 0.385. The Hall–Kier alpha value is -1.64. The monoisotopic (exact) mass is 219 g/mol. The van der Waals surface area contributed by atoms with Gasteiger partial charge in [0.25, 0.3) is 0 Å². The maximum absolute atomic E-state index is 11.7. The van der Waals surface area contributed by atoms with E-state index in [4.69, 9.17) is 0 Å². The van der Waals surface area contributed by atoms with Crippen molar-refractivity contribution in [3.8, 4) is 0 Å². The molecule has 3 heteroatoms. The van der Waals surface area contributed by atoms with Crippen molar-refractivity contribution in [1.82, 2.24) is 5.32 Å². The lowest BCUT2D eigenvalue weighted by atomic mass is 10.1. The van der Waals surface area contributed by atoms with Gasteiger partial charge in [0, 0.05) is 25.5 Å². The highest BCUT2D eigenvalue weighted by molar-refractivity contribution is 5.96. The molecule has 1 N–H and O–H groups in total. The zero-order valence-corrected chi connectivity index (χ0v) is 9.75. The molecule has 3 nitrogen and oxygen atoms in total. The second-order valence-corrected chi connectivity index (χ2v) is 3.88. The van der Waals surface area contributed by atoms with E-state index in [1.807, 2.05) is 31.2 Å². The first-order valence-electron chi connectivity index (χ1n) is 5.44. The molecule has 1 amide bonds. The van der Waals surface area contributed by atoms with E-state index in [0.29, 0.717) is 19.4 Å². The van der Waals surface area contributed by atoms with Gasteiger partial charge in [-0.3, -0.25) is 9.59 Å². The Bertz CT molecular complexity index is 368. The van der Waals surface area contributed by atoms with E-state index in [9.17, 15) is 9.59 Å². The van der Waals surface area contributed by atoms with Crippen molar-refractivity contribution in [3.63, 3.8) is 0 Å². The van der Waals surface area contributed by atoms with Gasteiger partial charge in [-0.05, 0) is 13.3 Å². The molecule has 86 valence electrons. The fourth-order valence-corrected chi connectivity index (χ4v) is 1.40. The summed E-state index contributed by atoms with van der Waals surface area (Å²) in [6.45, 7) is 4.03. The molecule has 0 unspecified atom stereocenters. The van der Waals surface area contributed by atoms with Gasteiger partial charge in [0.05, 0.1) is 0 Å². The third-order valence-electron chi connectivity index (χ3n) is 2.33. The van der Waals surface area contributed by atoms with Gasteiger partial charge in [0.2, 0.25) is 5.91 Å². The van der Waals surface area contributed by atoms with Crippen molar-refractivity contribution >= 4 is 11.7 Å². The summed E-state index contributed by atoms with van der Waals surface area (Å²) in [6.07, 6.45) is 1.16. The lowest BCUT2D eigenvalue weighted by molar-refractivity contribution is -0.118. The van der Waals surface area contributed by atoms with Crippen LogP contribution in [0.25, 0.3) is 0 Å². The van der Waals surface area contributed by atoms with E-state index >= 15 is 0 Å². The number of rotatable bonds is 5. The van der Waals surface area contributed by atoms with Gasteiger partial charge in [0.15, 0.2) is 5.78 Å². The maximum atomic E-state index is 11.7. The zero-order chi connectivity index (χ0) is 12.0. The molecular formula is C13H17NO2. The van der Waals surface area contributed by atoms with Crippen LogP contribution < -0.4 is 5.32 Å². The van der Waals surface area contributed by atoms with Crippen LogP contribution in [0, 0.1) is 6.92 Å². The number of nitrogens with one attached hydrogen (secondary N) is 1. The Balaban J connectivity index is 2.35.